The van der Waals surface area contributed by atoms with Gasteiger partial charge in [0.05, 0.1) is 18.4 Å². The van der Waals surface area contributed by atoms with Crippen LogP contribution in [0.15, 0.2) is 36.4 Å². The summed E-state index contributed by atoms with van der Waals surface area (Å²) in [6.07, 6.45) is 1.58. The Kier molecular flexibility index (Phi) is 6.01. The maximum absolute atomic E-state index is 10.3. The van der Waals surface area contributed by atoms with Crippen LogP contribution in [0.1, 0.15) is 23.4 Å². The van der Waals surface area contributed by atoms with E-state index in [2.05, 4.69) is 33.3 Å². The summed E-state index contributed by atoms with van der Waals surface area (Å²) in [5.74, 6) is 0.276. The van der Waals surface area contributed by atoms with E-state index in [4.69, 9.17) is 4.74 Å². The minimum Gasteiger partial charge on any atom is -0.391 e. The summed E-state index contributed by atoms with van der Waals surface area (Å²) in [5.41, 5.74) is 3.33. The molecule has 0 aliphatic carbocycles. The number of aryl methyl sites for hydroxylation is 1. The van der Waals surface area contributed by atoms with Gasteiger partial charge in [-0.05, 0) is 31.4 Å². The molecule has 2 N–H and O–H groups in total. The van der Waals surface area contributed by atoms with Crippen molar-refractivity contribution in [2.45, 2.75) is 32.5 Å². The monoisotopic (exact) mass is 329 g/mol. The first kappa shape index (κ1) is 17.1. The van der Waals surface area contributed by atoms with Gasteiger partial charge in [0.2, 0.25) is 0 Å². The van der Waals surface area contributed by atoms with Crippen molar-refractivity contribution in [3.63, 3.8) is 0 Å². The van der Waals surface area contributed by atoms with Gasteiger partial charge in [-0.25, -0.2) is 0 Å². The SMILES string of the molecule is Cc1cc(C[C@@H]2CN(CCCOCc3ccccc3)C[C@H]2O)n[nH]1. The van der Waals surface area contributed by atoms with Gasteiger partial charge in [-0.15, -0.1) is 0 Å². The molecule has 130 valence electrons. The fourth-order valence-corrected chi connectivity index (χ4v) is 3.33. The fraction of sp³-hybridized carbons (Fsp3) is 0.526. The number of rotatable bonds is 8. The lowest BCUT2D eigenvalue weighted by molar-refractivity contribution is 0.108. The predicted octanol–water partition coefficient (Wildman–Crippen LogP) is 2.16. The first-order chi connectivity index (χ1) is 11.7. The molecular weight excluding hydrogens is 302 g/mol. The van der Waals surface area contributed by atoms with E-state index in [1.807, 2.05) is 25.1 Å². The number of aliphatic hydroxyl groups is 1. The fourth-order valence-electron chi connectivity index (χ4n) is 3.33. The van der Waals surface area contributed by atoms with Gasteiger partial charge in [0.1, 0.15) is 0 Å². The molecule has 2 heterocycles. The molecule has 0 spiro atoms. The molecule has 0 unspecified atom stereocenters. The summed E-state index contributed by atoms with van der Waals surface area (Å²) < 4.78 is 5.73. The van der Waals surface area contributed by atoms with Gasteiger partial charge in [0.15, 0.2) is 0 Å². The Morgan fingerprint density at radius 3 is 2.88 bits per heavy atom. The van der Waals surface area contributed by atoms with Crippen LogP contribution < -0.4 is 0 Å². The van der Waals surface area contributed by atoms with E-state index < -0.39 is 0 Å². The van der Waals surface area contributed by atoms with Crippen molar-refractivity contribution < 1.29 is 9.84 Å². The van der Waals surface area contributed by atoms with Crippen LogP contribution in [0.4, 0.5) is 0 Å². The van der Waals surface area contributed by atoms with Gasteiger partial charge in [-0.2, -0.15) is 5.10 Å². The predicted molar refractivity (Wildman–Crippen MR) is 93.7 cm³/mol. The largest absolute Gasteiger partial charge is 0.391 e. The third kappa shape index (κ3) is 4.90. The maximum Gasteiger partial charge on any atom is 0.0716 e. The Morgan fingerprint density at radius 1 is 1.29 bits per heavy atom. The average Bonchev–Trinajstić information content (AvgIpc) is 3.14. The van der Waals surface area contributed by atoms with E-state index in [0.29, 0.717) is 6.61 Å². The van der Waals surface area contributed by atoms with Crippen LogP contribution in [0, 0.1) is 12.8 Å². The van der Waals surface area contributed by atoms with E-state index in [0.717, 1.165) is 50.5 Å². The van der Waals surface area contributed by atoms with Crippen molar-refractivity contribution in [2.75, 3.05) is 26.2 Å². The summed E-state index contributed by atoms with van der Waals surface area (Å²) >= 11 is 0. The van der Waals surface area contributed by atoms with Crippen LogP contribution in [0.25, 0.3) is 0 Å². The molecule has 24 heavy (non-hydrogen) atoms. The van der Waals surface area contributed by atoms with Crippen LogP contribution in [0.3, 0.4) is 0 Å². The van der Waals surface area contributed by atoms with E-state index in [-0.39, 0.29) is 12.0 Å². The molecule has 2 atom stereocenters. The van der Waals surface area contributed by atoms with Crippen LogP contribution in [-0.2, 0) is 17.8 Å². The number of hydrogen-bond acceptors (Lipinski definition) is 4. The standard InChI is InChI=1S/C19H27N3O2/c1-15-10-18(21-20-15)11-17-12-22(13-19(17)23)8-5-9-24-14-16-6-3-2-4-7-16/h2-4,6-7,10,17,19,23H,5,8-9,11-14H2,1H3,(H,20,21)/t17-,19-/m1/s1. The van der Waals surface area contributed by atoms with Crippen molar-refractivity contribution in [3.05, 3.63) is 53.3 Å². The molecule has 1 fully saturated rings. The number of H-pyrrole nitrogens is 1. The van der Waals surface area contributed by atoms with E-state index in [1.165, 1.54) is 5.56 Å². The number of benzene rings is 1. The third-order valence-electron chi connectivity index (χ3n) is 4.59. The number of nitrogens with one attached hydrogen (secondary N) is 1. The average molecular weight is 329 g/mol. The minimum absolute atomic E-state index is 0.257. The Morgan fingerprint density at radius 2 is 2.12 bits per heavy atom. The van der Waals surface area contributed by atoms with Crippen molar-refractivity contribution in [1.29, 1.82) is 0 Å². The van der Waals surface area contributed by atoms with Crippen LogP contribution in [0.5, 0.6) is 0 Å². The van der Waals surface area contributed by atoms with Crippen molar-refractivity contribution in [1.82, 2.24) is 15.1 Å². The highest BCUT2D eigenvalue weighted by atomic mass is 16.5. The smallest absolute Gasteiger partial charge is 0.0716 e. The van der Waals surface area contributed by atoms with Gasteiger partial charge >= 0.3 is 0 Å². The lowest BCUT2D eigenvalue weighted by atomic mass is 10.0. The topological polar surface area (TPSA) is 61.4 Å². The summed E-state index contributed by atoms with van der Waals surface area (Å²) in [5, 5.41) is 17.5. The Hall–Kier alpha value is -1.69. The minimum atomic E-state index is -0.257. The van der Waals surface area contributed by atoms with Gasteiger partial charge < -0.3 is 14.7 Å². The Bertz CT molecular complexity index is 614. The molecule has 0 amide bonds. The van der Waals surface area contributed by atoms with Crippen molar-refractivity contribution >= 4 is 0 Å². The molecule has 1 aliphatic heterocycles. The number of ether oxygens (including phenoxy) is 1. The molecule has 5 heteroatoms. The first-order valence-electron chi connectivity index (χ1n) is 8.73. The molecule has 1 saturated heterocycles. The maximum atomic E-state index is 10.3. The molecule has 5 nitrogen and oxygen atoms in total. The van der Waals surface area contributed by atoms with E-state index in [1.54, 1.807) is 0 Å². The molecule has 0 saturated carbocycles. The zero-order chi connectivity index (χ0) is 16.8. The molecule has 0 bridgehead atoms. The third-order valence-corrected chi connectivity index (χ3v) is 4.59. The lowest BCUT2D eigenvalue weighted by Crippen LogP contribution is -2.24. The molecular formula is C19H27N3O2. The van der Waals surface area contributed by atoms with Crippen LogP contribution in [0.2, 0.25) is 0 Å². The Labute approximate surface area is 143 Å². The summed E-state index contributed by atoms with van der Waals surface area (Å²) in [7, 11) is 0. The highest BCUT2D eigenvalue weighted by Gasteiger charge is 2.31. The first-order valence-corrected chi connectivity index (χ1v) is 8.73. The number of hydrogen-bond donors (Lipinski definition) is 2. The van der Waals surface area contributed by atoms with Crippen LogP contribution in [-0.4, -0.2) is 52.5 Å². The number of nitrogens with zero attached hydrogens (tertiary/aromatic N) is 2. The highest BCUT2D eigenvalue weighted by Crippen LogP contribution is 2.21. The van der Waals surface area contributed by atoms with E-state index >= 15 is 0 Å². The summed E-state index contributed by atoms with van der Waals surface area (Å²) in [6, 6.07) is 12.3. The highest BCUT2D eigenvalue weighted by molar-refractivity contribution is 5.13. The number of aromatic nitrogens is 2. The lowest BCUT2D eigenvalue weighted by Gasteiger charge is -2.15. The second kappa shape index (κ2) is 8.42. The van der Waals surface area contributed by atoms with Gasteiger partial charge in [0.25, 0.3) is 0 Å². The number of β-amino-alcohol motifs (C(OH)–C–C–N with tert-alkyl or cyclic N) is 1. The second-order valence-electron chi connectivity index (χ2n) is 6.73. The molecule has 1 aromatic heterocycles. The molecule has 1 aromatic carbocycles. The molecule has 1 aliphatic rings. The quantitative estimate of drug-likeness (QED) is 0.729. The zero-order valence-corrected chi connectivity index (χ0v) is 14.3. The zero-order valence-electron chi connectivity index (χ0n) is 14.3. The molecule has 3 rings (SSSR count). The molecule has 2 aromatic rings. The molecule has 0 radical (unpaired) electrons. The van der Waals surface area contributed by atoms with Gasteiger partial charge in [-0.3, -0.25) is 5.10 Å². The van der Waals surface area contributed by atoms with Crippen molar-refractivity contribution in [3.8, 4) is 0 Å². The summed E-state index contributed by atoms with van der Waals surface area (Å²) in [6.45, 7) is 6.10. The van der Waals surface area contributed by atoms with Crippen LogP contribution >= 0.6 is 0 Å². The number of likely N-dealkylation sites (tertiary alicyclic amines) is 1. The van der Waals surface area contributed by atoms with Gasteiger partial charge in [0, 0.05) is 37.9 Å². The summed E-state index contributed by atoms with van der Waals surface area (Å²) in [4.78, 5) is 2.33. The normalized spacial score (nSPS) is 21.4. The number of aliphatic hydroxyl groups excluding tert-OH is 1. The van der Waals surface area contributed by atoms with E-state index in [9.17, 15) is 5.11 Å². The Balaban J connectivity index is 1.33. The second-order valence-corrected chi connectivity index (χ2v) is 6.73. The van der Waals surface area contributed by atoms with Gasteiger partial charge in [-0.1, -0.05) is 30.3 Å². The van der Waals surface area contributed by atoms with Crippen molar-refractivity contribution in [2.24, 2.45) is 5.92 Å². The number of aromatic amines is 1.